The van der Waals surface area contributed by atoms with Crippen LogP contribution in [0, 0.1) is 5.92 Å². The Balaban J connectivity index is 1.36. The quantitative estimate of drug-likeness (QED) is 0.593. The van der Waals surface area contributed by atoms with Crippen molar-refractivity contribution >= 4 is 45.6 Å². The van der Waals surface area contributed by atoms with Gasteiger partial charge in [-0.15, -0.1) is 11.3 Å². The van der Waals surface area contributed by atoms with Crippen molar-refractivity contribution in [2.45, 2.75) is 25.7 Å². The number of benzene rings is 1. The Hall–Kier alpha value is -2.77. The number of pyridine rings is 1. The summed E-state index contributed by atoms with van der Waals surface area (Å²) in [6.07, 6.45) is 5.49. The minimum atomic E-state index is -0.339. The molecular weight excluding hydrogens is 420 g/mol. The lowest BCUT2D eigenvalue weighted by atomic mass is 9.98. The van der Waals surface area contributed by atoms with Crippen molar-refractivity contribution in [2.75, 3.05) is 16.8 Å². The minimum Gasteiger partial charge on any atom is -0.312 e. The molecule has 0 atom stereocenters. The zero-order valence-corrected chi connectivity index (χ0v) is 17.7. The van der Waals surface area contributed by atoms with E-state index in [0.717, 1.165) is 49.2 Å². The first-order valence-corrected chi connectivity index (χ1v) is 11.2. The first-order chi connectivity index (χ1) is 14.6. The molecule has 2 aliphatic rings. The van der Waals surface area contributed by atoms with Crippen molar-refractivity contribution in [1.82, 2.24) is 9.97 Å². The van der Waals surface area contributed by atoms with Gasteiger partial charge in [0.15, 0.2) is 5.13 Å². The third-order valence-electron chi connectivity index (χ3n) is 5.41. The molecule has 1 saturated carbocycles. The average Bonchev–Trinajstić information content (AvgIpc) is 3.51. The summed E-state index contributed by atoms with van der Waals surface area (Å²) in [5.41, 5.74) is 4.28. The molecule has 1 aliphatic carbocycles. The highest BCUT2D eigenvalue weighted by molar-refractivity contribution is 7.14. The highest BCUT2D eigenvalue weighted by Crippen LogP contribution is 2.37. The van der Waals surface area contributed by atoms with Gasteiger partial charge >= 0.3 is 0 Å². The van der Waals surface area contributed by atoms with Crippen LogP contribution in [0.4, 0.5) is 10.8 Å². The molecule has 0 unspecified atom stereocenters. The number of fused-ring (bicyclic) bond motifs is 1. The van der Waals surface area contributed by atoms with E-state index in [2.05, 4.69) is 21.4 Å². The van der Waals surface area contributed by atoms with Gasteiger partial charge in [0.1, 0.15) is 5.15 Å². The lowest BCUT2D eigenvalue weighted by Gasteiger charge is -2.30. The number of aryl methyl sites for hydroxylation is 1. The van der Waals surface area contributed by atoms with E-state index in [-0.39, 0.29) is 22.9 Å². The number of nitrogens with one attached hydrogen (secondary N) is 1. The zero-order chi connectivity index (χ0) is 20.7. The number of hydrogen-bond acceptors (Lipinski definition) is 5. The molecule has 6 nitrogen and oxygen atoms in total. The molecule has 1 aromatic carbocycles. The first kappa shape index (κ1) is 19.2. The molecule has 1 fully saturated rings. The number of carbonyl (C=O) groups excluding carboxylic acids is 2. The Kier molecular flexibility index (Phi) is 5.00. The van der Waals surface area contributed by atoms with Gasteiger partial charge in [-0.2, -0.15) is 0 Å². The predicted molar refractivity (Wildman–Crippen MR) is 118 cm³/mol. The molecule has 0 bridgehead atoms. The van der Waals surface area contributed by atoms with Crippen LogP contribution in [0.15, 0.2) is 41.9 Å². The number of carbonyl (C=O) groups is 2. The van der Waals surface area contributed by atoms with Gasteiger partial charge in [-0.05, 0) is 55.5 Å². The van der Waals surface area contributed by atoms with Crippen molar-refractivity contribution in [1.29, 1.82) is 0 Å². The summed E-state index contributed by atoms with van der Waals surface area (Å²) in [5.74, 6) is 0.138. The van der Waals surface area contributed by atoms with E-state index in [0.29, 0.717) is 10.7 Å². The van der Waals surface area contributed by atoms with E-state index < -0.39 is 0 Å². The Morgan fingerprint density at radius 1 is 1.23 bits per heavy atom. The van der Waals surface area contributed by atoms with Gasteiger partial charge in [0.05, 0.1) is 11.3 Å². The second-order valence-electron chi connectivity index (χ2n) is 7.54. The molecule has 30 heavy (non-hydrogen) atoms. The molecule has 3 aromatic rings. The SMILES string of the molecule is O=C(Nc1nc(-c2ccc3c(c2)CCCN3C(=O)C2CC2)cs1)c1cccnc1Cl. The zero-order valence-electron chi connectivity index (χ0n) is 16.1. The van der Waals surface area contributed by atoms with Gasteiger partial charge in [-0.3, -0.25) is 14.9 Å². The second-order valence-corrected chi connectivity index (χ2v) is 8.76. The topological polar surface area (TPSA) is 75.2 Å². The third-order valence-corrected chi connectivity index (χ3v) is 6.47. The van der Waals surface area contributed by atoms with E-state index in [9.17, 15) is 9.59 Å². The first-order valence-electron chi connectivity index (χ1n) is 9.92. The second kappa shape index (κ2) is 7.81. The van der Waals surface area contributed by atoms with Crippen LogP contribution < -0.4 is 10.2 Å². The number of amides is 2. The molecule has 0 radical (unpaired) electrons. The van der Waals surface area contributed by atoms with Crippen LogP contribution >= 0.6 is 22.9 Å². The van der Waals surface area contributed by atoms with Gasteiger partial charge in [-0.25, -0.2) is 9.97 Å². The number of aromatic nitrogens is 2. The summed E-state index contributed by atoms with van der Waals surface area (Å²) in [5, 5.41) is 5.36. The summed E-state index contributed by atoms with van der Waals surface area (Å²) in [4.78, 5) is 35.4. The van der Waals surface area contributed by atoms with Gasteiger partial charge in [0, 0.05) is 35.3 Å². The number of anilines is 2. The van der Waals surface area contributed by atoms with E-state index in [1.54, 1.807) is 12.1 Å². The highest BCUT2D eigenvalue weighted by atomic mass is 35.5. The molecule has 1 aliphatic heterocycles. The molecule has 2 aromatic heterocycles. The molecule has 3 heterocycles. The van der Waals surface area contributed by atoms with Crippen molar-refractivity contribution in [3.63, 3.8) is 0 Å². The molecule has 152 valence electrons. The lowest BCUT2D eigenvalue weighted by Crippen LogP contribution is -2.36. The fourth-order valence-corrected chi connectivity index (χ4v) is 4.64. The molecule has 2 amide bonds. The summed E-state index contributed by atoms with van der Waals surface area (Å²) < 4.78 is 0. The largest absolute Gasteiger partial charge is 0.312 e. The van der Waals surface area contributed by atoms with Gasteiger partial charge < -0.3 is 4.90 Å². The van der Waals surface area contributed by atoms with Crippen molar-refractivity contribution in [3.05, 3.63) is 58.2 Å². The number of halogens is 1. The molecule has 8 heteroatoms. The molecule has 1 N–H and O–H groups in total. The fraction of sp³-hybridized carbons (Fsp3) is 0.273. The fourth-order valence-electron chi connectivity index (χ4n) is 3.72. The molecular formula is C22H19ClN4O2S. The standard InChI is InChI=1S/C22H19ClN4O2S/c23-19-16(4-1-9-24-19)20(28)26-22-25-17(12-30-22)14-7-8-18-15(11-14)3-2-10-27(18)21(29)13-5-6-13/h1,4,7-9,11-13H,2-3,5-6,10H2,(H,25,26,28). The van der Waals surface area contributed by atoms with Gasteiger partial charge in [-0.1, -0.05) is 17.7 Å². The number of nitrogens with zero attached hydrogens (tertiary/aromatic N) is 3. The third kappa shape index (κ3) is 3.70. The maximum Gasteiger partial charge on any atom is 0.260 e. The average molecular weight is 439 g/mol. The van der Waals surface area contributed by atoms with Crippen LogP contribution in [0.5, 0.6) is 0 Å². The number of thiazole rings is 1. The molecule has 0 spiro atoms. The molecule has 5 rings (SSSR count). The van der Waals surface area contributed by atoms with E-state index in [4.69, 9.17) is 11.6 Å². The van der Waals surface area contributed by atoms with Gasteiger partial charge in [0.2, 0.25) is 5.91 Å². The van der Waals surface area contributed by atoms with Crippen LogP contribution in [0.3, 0.4) is 0 Å². The van der Waals surface area contributed by atoms with Crippen LogP contribution in [-0.2, 0) is 11.2 Å². The van der Waals surface area contributed by atoms with Crippen LogP contribution in [0.2, 0.25) is 5.15 Å². The summed E-state index contributed by atoms with van der Waals surface area (Å²) in [6.45, 7) is 0.797. The predicted octanol–water partition coefficient (Wildman–Crippen LogP) is 4.80. The minimum absolute atomic E-state index is 0.159. The number of rotatable bonds is 4. The van der Waals surface area contributed by atoms with Crippen molar-refractivity contribution in [3.8, 4) is 11.3 Å². The van der Waals surface area contributed by atoms with Crippen molar-refractivity contribution < 1.29 is 9.59 Å². The monoisotopic (exact) mass is 438 g/mol. The van der Waals surface area contributed by atoms with E-state index in [1.165, 1.54) is 23.1 Å². The smallest absolute Gasteiger partial charge is 0.260 e. The van der Waals surface area contributed by atoms with E-state index in [1.807, 2.05) is 22.4 Å². The maximum atomic E-state index is 12.6. The Bertz CT molecular complexity index is 1140. The highest BCUT2D eigenvalue weighted by Gasteiger charge is 2.35. The Labute approximate surface area is 182 Å². The number of hydrogen-bond donors (Lipinski definition) is 1. The van der Waals surface area contributed by atoms with Crippen LogP contribution in [0.1, 0.15) is 35.2 Å². The maximum absolute atomic E-state index is 12.6. The Morgan fingerprint density at radius 3 is 2.90 bits per heavy atom. The summed E-state index contributed by atoms with van der Waals surface area (Å²) in [6, 6.07) is 9.42. The normalized spacial score (nSPS) is 15.6. The van der Waals surface area contributed by atoms with Crippen LogP contribution in [-0.4, -0.2) is 28.3 Å². The lowest BCUT2D eigenvalue weighted by molar-refractivity contribution is -0.119. The van der Waals surface area contributed by atoms with E-state index >= 15 is 0 Å². The summed E-state index contributed by atoms with van der Waals surface area (Å²) >= 11 is 7.35. The van der Waals surface area contributed by atoms with Gasteiger partial charge in [0.25, 0.3) is 5.91 Å². The Morgan fingerprint density at radius 2 is 2.10 bits per heavy atom. The summed E-state index contributed by atoms with van der Waals surface area (Å²) in [7, 11) is 0. The van der Waals surface area contributed by atoms with Crippen LogP contribution in [0.25, 0.3) is 11.3 Å². The van der Waals surface area contributed by atoms with Crippen molar-refractivity contribution in [2.24, 2.45) is 5.92 Å². The molecule has 0 saturated heterocycles.